The van der Waals surface area contributed by atoms with E-state index in [0.29, 0.717) is 27.8 Å². The van der Waals surface area contributed by atoms with Crippen LogP contribution in [0.1, 0.15) is 43.2 Å². The van der Waals surface area contributed by atoms with Gasteiger partial charge in [-0.25, -0.2) is 4.39 Å². The van der Waals surface area contributed by atoms with Crippen molar-refractivity contribution in [1.82, 2.24) is 4.90 Å². The quantitative estimate of drug-likeness (QED) is 0.433. The number of methoxy groups -OCH3 is 1. The molecule has 32 heavy (non-hydrogen) atoms. The SMILES string of the molecule is COc1cc(C[C@H]2SC(=S)N(CCC3CCCC3)C2=O)ccc1OCc1ccccc1F. The molecule has 0 N–H and O–H groups in total. The van der Waals surface area contributed by atoms with Crippen molar-refractivity contribution in [3.05, 3.63) is 59.4 Å². The van der Waals surface area contributed by atoms with Crippen LogP contribution in [0, 0.1) is 11.7 Å². The van der Waals surface area contributed by atoms with Gasteiger partial charge in [0.2, 0.25) is 5.91 Å². The molecule has 7 heteroatoms. The third-order valence-corrected chi connectivity index (χ3v) is 7.81. The van der Waals surface area contributed by atoms with Crippen molar-refractivity contribution in [3.8, 4) is 11.5 Å². The molecule has 0 radical (unpaired) electrons. The van der Waals surface area contributed by atoms with Crippen molar-refractivity contribution >= 4 is 34.2 Å². The van der Waals surface area contributed by atoms with E-state index in [-0.39, 0.29) is 23.6 Å². The van der Waals surface area contributed by atoms with Crippen molar-refractivity contribution in [2.45, 2.75) is 50.4 Å². The molecule has 1 heterocycles. The Labute approximate surface area is 198 Å². The number of rotatable bonds is 9. The van der Waals surface area contributed by atoms with E-state index in [1.165, 1.54) is 43.5 Å². The fraction of sp³-hybridized carbons (Fsp3) is 0.440. The predicted octanol–water partition coefficient (Wildman–Crippen LogP) is 5.77. The van der Waals surface area contributed by atoms with Gasteiger partial charge >= 0.3 is 0 Å². The molecule has 0 unspecified atom stereocenters. The highest BCUT2D eigenvalue weighted by atomic mass is 32.2. The molecule has 2 aliphatic rings. The van der Waals surface area contributed by atoms with Gasteiger partial charge in [-0.3, -0.25) is 9.69 Å². The fourth-order valence-corrected chi connectivity index (χ4v) is 5.97. The van der Waals surface area contributed by atoms with E-state index in [9.17, 15) is 9.18 Å². The van der Waals surface area contributed by atoms with E-state index in [2.05, 4.69) is 0 Å². The van der Waals surface area contributed by atoms with Crippen molar-refractivity contribution in [3.63, 3.8) is 0 Å². The Morgan fingerprint density at radius 2 is 1.94 bits per heavy atom. The average Bonchev–Trinajstić information content (AvgIpc) is 3.40. The summed E-state index contributed by atoms with van der Waals surface area (Å²) in [6.07, 6.45) is 6.78. The molecule has 170 valence electrons. The summed E-state index contributed by atoms with van der Waals surface area (Å²) >= 11 is 6.98. The second-order valence-electron chi connectivity index (χ2n) is 8.37. The minimum Gasteiger partial charge on any atom is -0.493 e. The molecule has 1 aliphatic heterocycles. The van der Waals surface area contributed by atoms with Crippen molar-refractivity contribution in [2.24, 2.45) is 5.92 Å². The van der Waals surface area contributed by atoms with Crippen molar-refractivity contribution in [1.29, 1.82) is 0 Å². The summed E-state index contributed by atoms with van der Waals surface area (Å²) in [4.78, 5) is 14.8. The molecule has 4 rings (SSSR count). The van der Waals surface area contributed by atoms with E-state index in [1.807, 2.05) is 18.2 Å². The van der Waals surface area contributed by atoms with E-state index in [4.69, 9.17) is 21.7 Å². The Kier molecular flexibility index (Phi) is 7.68. The maximum Gasteiger partial charge on any atom is 0.241 e. The molecule has 1 saturated heterocycles. The highest BCUT2D eigenvalue weighted by Crippen LogP contribution is 2.35. The van der Waals surface area contributed by atoms with Gasteiger partial charge in [-0.05, 0) is 42.5 Å². The van der Waals surface area contributed by atoms with Crippen molar-refractivity contribution < 1.29 is 18.7 Å². The van der Waals surface area contributed by atoms with Crippen LogP contribution in [0.5, 0.6) is 11.5 Å². The average molecular weight is 474 g/mol. The topological polar surface area (TPSA) is 38.8 Å². The van der Waals surface area contributed by atoms with Gasteiger partial charge < -0.3 is 9.47 Å². The summed E-state index contributed by atoms with van der Waals surface area (Å²) in [5.74, 6) is 1.65. The third-order valence-electron chi connectivity index (χ3n) is 6.23. The molecule has 1 amide bonds. The van der Waals surface area contributed by atoms with Crippen LogP contribution in [0.25, 0.3) is 0 Å². The van der Waals surface area contributed by atoms with Gasteiger partial charge in [-0.1, -0.05) is 73.9 Å². The fourth-order valence-electron chi connectivity index (χ4n) is 4.38. The minimum atomic E-state index is -0.298. The molecular weight excluding hydrogens is 445 g/mol. The van der Waals surface area contributed by atoms with Crippen LogP contribution >= 0.6 is 24.0 Å². The van der Waals surface area contributed by atoms with Crippen LogP contribution < -0.4 is 9.47 Å². The van der Waals surface area contributed by atoms with Crippen LogP contribution in [0.4, 0.5) is 4.39 Å². The molecule has 2 aromatic rings. The maximum absolute atomic E-state index is 13.8. The number of hydrogen-bond donors (Lipinski definition) is 0. The third kappa shape index (κ3) is 5.44. The minimum absolute atomic E-state index is 0.108. The van der Waals surface area contributed by atoms with Crippen LogP contribution in [0.15, 0.2) is 42.5 Å². The molecule has 0 spiro atoms. The second-order valence-corrected chi connectivity index (χ2v) is 10.2. The number of ether oxygens (including phenoxy) is 2. The first kappa shape index (κ1) is 23.1. The zero-order valence-electron chi connectivity index (χ0n) is 18.2. The molecular formula is C25H28FNO3S2. The number of carbonyl (C=O) groups excluding carboxylic acids is 1. The van der Waals surface area contributed by atoms with Gasteiger partial charge in [-0.2, -0.15) is 0 Å². The summed E-state index contributed by atoms with van der Waals surface area (Å²) in [6, 6.07) is 12.2. The molecule has 2 fully saturated rings. The van der Waals surface area contributed by atoms with Crippen LogP contribution in [-0.2, 0) is 17.8 Å². The Bertz CT molecular complexity index is 977. The number of hydrogen-bond acceptors (Lipinski definition) is 5. The summed E-state index contributed by atoms with van der Waals surface area (Å²) in [7, 11) is 1.57. The van der Waals surface area contributed by atoms with E-state index < -0.39 is 0 Å². The lowest BCUT2D eigenvalue weighted by atomic mass is 10.0. The Morgan fingerprint density at radius 3 is 2.69 bits per heavy atom. The maximum atomic E-state index is 13.8. The number of halogens is 1. The van der Waals surface area contributed by atoms with E-state index in [1.54, 1.807) is 30.2 Å². The lowest BCUT2D eigenvalue weighted by molar-refractivity contribution is -0.126. The zero-order valence-corrected chi connectivity index (χ0v) is 19.9. The van der Waals surface area contributed by atoms with Crippen LogP contribution in [0.3, 0.4) is 0 Å². The zero-order chi connectivity index (χ0) is 22.5. The van der Waals surface area contributed by atoms with Crippen molar-refractivity contribution in [2.75, 3.05) is 13.7 Å². The highest BCUT2D eigenvalue weighted by molar-refractivity contribution is 8.24. The first-order valence-electron chi connectivity index (χ1n) is 11.1. The molecule has 1 saturated carbocycles. The summed E-state index contributed by atoms with van der Waals surface area (Å²) < 4.78 is 25.8. The van der Waals surface area contributed by atoms with Gasteiger partial charge in [0.1, 0.15) is 16.7 Å². The first-order chi connectivity index (χ1) is 15.5. The van der Waals surface area contributed by atoms with Gasteiger partial charge in [0.05, 0.1) is 12.4 Å². The lowest BCUT2D eigenvalue weighted by Gasteiger charge is -2.18. The molecule has 0 aromatic heterocycles. The first-order valence-corrected chi connectivity index (χ1v) is 12.4. The molecule has 4 nitrogen and oxygen atoms in total. The van der Waals surface area contributed by atoms with Gasteiger partial charge in [0, 0.05) is 12.1 Å². The number of amides is 1. The predicted molar refractivity (Wildman–Crippen MR) is 130 cm³/mol. The van der Waals surface area contributed by atoms with E-state index >= 15 is 0 Å². The van der Waals surface area contributed by atoms with Gasteiger partial charge in [-0.15, -0.1) is 0 Å². The number of nitrogens with zero attached hydrogens (tertiary/aromatic N) is 1. The summed E-state index contributed by atoms with van der Waals surface area (Å²) in [5.41, 5.74) is 1.46. The normalized spacial score (nSPS) is 19.1. The molecule has 1 atom stereocenters. The number of benzene rings is 2. The lowest BCUT2D eigenvalue weighted by Crippen LogP contribution is -2.33. The Morgan fingerprint density at radius 1 is 1.16 bits per heavy atom. The second kappa shape index (κ2) is 10.7. The van der Waals surface area contributed by atoms with Gasteiger partial charge in [0.15, 0.2) is 11.5 Å². The van der Waals surface area contributed by atoms with Crippen LogP contribution in [0.2, 0.25) is 0 Å². The standard InChI is InChI=1S/C25H28FNO3S2/c1-29-22-14-18(10-11-21(22)30-16-19-8-4-5-9-20(19)26)15-23-24(28)27(25(31)32-23)13-12-17-6-2-3-7-17/h4-5,8-11,14,17,23H,2-3,6-7,12-13,15-16H2,1H3/t23-/m1/s1. The smallest absolute Gasteiger partial charge is 0.241 e. The Balaban J connectivity index is 1.37. The monoisotopic (exact) mass is 473 g/mol. The van der Waals surface area contributed by atoms with E-state index in [0.717, 1.165) is 24.4 Å². The number of carbonyl (C=O) groups is 1. The molecule has 2 aromatic carbocycles. The van der Waals surface area contributed by atoms with Gasteiger partial charge in [0.25, 0.3) is 0 Å². The molecule has 0 bridgehead atoms. The number of thiocarbonyl (C=S) groups is 1. The number of thioether (sulfide) groups is 1. The highest BCUT2D eigenvalue weighted by Gasteiger charge is 2.37. The summed E-state index contributed by atoms with van der Waals surface area (Å²) in [6.45, 7) is 0.849. The molecule has 1 aliphatic carbocycles. The largest absolute Gasteiger partial charge is 0.493 e. The van der Waals surface area contributed by atoms with Crippen LogP contribution in [-0.4, -0.2) is 34.0 Å². The Hall–Kier alpha value is -2.12. The summed E-state index contributed by atoms with van der Waals surface area (Å²) in [5, 5.41) is -0.207.